The Morgan fingerprint density at radius 3 is 2.35 bits per heavy atom. The topological polar surface area (TPSA) is 49.5 Å². The van der Waals surface area contributed by atoms with Crippen LogP contribution in [0.5, 0.6) is 5.75 Å². The minimum Gasteiger partial charge on any atom is -0.508 e. The van der Waals surface area contributed by atoms with Crippen LogP contribution in [0.3, 0.4) is 0 Å². The van der Waals surface area contributed by atoms with Gasteiger partial charge in [0.15, 0.2) is 0 Å². The van der Waals surface area contributed by atoms with E-state index >= 15 is 0 Å². The van der Waals surface area contributed by atoms with E-state index in [1.807, 2.05) is 48.3 Å². The molecule has 3 N–H and O–H groups in total. The van der Waals surface area contributed by atoms with Crippen molar-refractivity contribution in [2.45, 2.75) is 6.54 Å². The van der Waals surface area contributed by atoms with E-state index in [1.54, 1.807) is 12.1 Å². The van der Waals surface area contributed by atoms with Crippen LogP contribution >= 0.6 is 0 Å². The number of hydrogen-bond donors (Lipinski definition) is 2. The third-order valence-electron chi connectivity index (χ3n) is 2.78. The van der Waals surface area contributed by atoms with Crippen LogP contribution in [0.1, 0.15) is 5.56 Å². The van der Waals surface area contributed by atoms with Gasteiger partial charge in [0.1, 0.15) is 5.75 Å². The van der Waals surface area contributed by atoms with Crippen molar-refractivity contribution in [3.8, 4) is 5.75 Å². The van der Waals surface area contributed by atoms with Crippen molar-refractivity contribution in [2.24, 2.45) is 5.73 Å². The van der Waals surface area contributed by atoms with Gasteiger partial charge in [-0.3, -0.25) is 0 Å². The number of benzene rings is 2. The zero-order valence-electron chi connectivity index (χ0n) is 9.80. The average Bonchev–Trinajstić information content (AvgIpc) is 2.38. The Bertz CT molecular complexity index is 494. The molecular weight excluding hydrogens is 212 g/mol. The van der Waals surface area contributed by atoms with Gasteiger partial charge in [-0.2, -0.15) is 0 Å². The quantitative estimate of drug-likeness (QED) is 0.849. The van der Waals surface area contributed by atoms with Crippen LogP contribution in [-0.4, -0.2) is 12.2 Å². The summed E-state index contributed by atoms with van der Waals surface area (Å²) in [5.41, 5.74) is 8.68. The molecule has 2 aromatic rings. The smallest absolute Gasteiger partial charge is 0.117 e. The molecule has 0 fully saturated rings. The molecule has 0 saturated heterocycles. The van der Waals surface area contributed by atoms with E-state index in [1.165, 1.54) is 0 Å². The Balaban J connectivity index is 2.27. The number of rotatable bonds is 3. The molecule has 0 amide bonds. The van der Waals surface area contributed by atoms with Gasteiger partial charge in [-0.25, -0.2) is 0 Å². The van der Waals surface area contributed by atoms with Crippen LogP contribution in [0.4, 0.5) is 11.4 Å². The fourth-order valence-corrected chi connectivity index (χ4v) is 1.71. The zero-order valence-corrected chi connectivity index (χ0v) is 9.80. The minimum atomic E-state index is 0.271. The lowest BCUT2D eigenvalue weighted by Gasteiger charge is -2.19. The monoisotopic (exact) mass is 228 g/mol. The van der Waals surface area contributed by atoms with Crippen molar-refractivity contribution in [1.29, 1.82) is 0 Å². The van der Waals surface area contributed by atoms with Crippen LogP contribution in [0, 0.1) is 0 Å². The second-order valence-corrected chi connectivity index (χ2v) is 3.95. The van der Waals surface area contributed by atoms with Gasteiger partial charge in [-0.1, -0.05) is 18.2 Å². The van der Waals surface area contributed by atoms with E-state index in [9.17, 15) is 5.11 Å². The maximum absolute atomic E-state index is 9.45. The van der Waals surface area contributed by atoms with Crippen LogP contribution < -0.4 is 10.6 Å². The Labute approximate surface area is 101 Å². The van der Waals surface area contributed by atoms with Gasteiger partial charge in [-0.15, -0.1) is 0 Å². The van der Waals surface area contributed by atoms with Crippen LogP contribution in [0.15, 0.2) is 48.5 Å². The Morgan fingerprint density at radius 1 is 1.06 bits per heavy atom. The molecule has 88 valence electrons. The maximum Gasteiger partial charge on any atom is 0.117 e. The molecule has 0 aliphatic rings. The Hall–Kier alpha value is -2.00. The third kappa shape index (κ3) is 2.57. The molecule has 2 aromatic carbocycles. The Kier molecular flexibility index (Phi) is 3.30. The van der Waals surface area contributed by atoms with E-state index in [0.717, 1.165) is 16.9 Å². The number of hydrogen-bond acceptors (Lipinski definition) is 3. The van der Waals surface area contributed by atoms with Gasteiger partial charge in [0, 0.05) is 31.0 Å². The number of phenols is 1. The Morgan fingerprint density at radius 2 is 1.76 bits per heavy atom. The van der Waals surface area contributed by atoms with Crippen molar-refractivity contribution < 1.29 is 5.11 Å². The summed E-state index contributed by atoms with van der Waals surface area (Å²) in [5.74, 6) is 0.271. The summed E-state index contributed by atoms with van der Waals surface area (Å²) >= 11 is 0. The maximum atomic E-state index is 9.45. The highest BCUT2D eigenvalue weighted by molar-refractivity contribution is 5.63. The molecule has 0 bridgehead atoms. The summed E-state index contributed by atoms with van der Waals surface area (Å²) in [7, 11) is 1.96. The number of nitrogens with zero attached hydrogens (tertiary/aromatic N) is 1. The largest absolute Gasteiger partial charge is 0.508 e. The van der Waals surface area contributed by atoms with Gasteiger partial charge in [-0.05, 0) is 29.8 Å². The summed E-state index contributed by atoms with van der Waals surface area (Å²) in [5, 5.41) is 9.45. The summed E-state index contributed by atoms with van der Waals surface area (Å²) < 4.78 is 0. The molecule has 0 aliphatic carbocycles. The van der Waals surface area contributed by atoms with E-state index in [0.29, 0.717) is 6.54 Å². The van der Waals surface area contributed by atoms with Gasteiger partial charge in [0.05, 0.1) is 0 Å². The van der Waals surface area contributed by atoms with E-state index in [-0.39, 0.29) is 5.75 Å². The zero-order chi connectivity index (χ0) is 12.3. The molecule has 0 heterocycles. The molecule has 2 rings (SSSR count). The highest BCUT2D eigenvalue weighted by atomic mass is 16.3. The molecule has 3 nitrogen and oxygen atoms in total. The van der Waals surface area contributed by atoms with Gasteiger partial charge >= 0.3 is 0 Å². The number of aromatic hydroxyl groups is 1. The predicted molar refractivity (Wildman–Crippen MR) is 70.5 cm³/mol. The molecule has 0 atom stereocenters. The number of anilines is 2. The summed E-state index contributed by atoms with van der Waals surface area (Å²) in [6.07, 6.45) is 0. The molecule has 0 spiro atoms. The van der Waals surface area contributed by atoms with Crippen molar-refractivity contribution in [3.05, 3.63) is 54.1 Å². The standard InChI is InChI=1S/C14H16N2O/c1-16(13-3-2-4-14(17)9-13)12-7-5-11(10-15)6-8-12/h2-9,17H,10,15H2,1H3. The van der Waals surface area contributed by atoms with Crippen molar-refractivity contribution >= 4 is 11.4 Å². The van der Waals surface area contributed by atoms with Gasteiger partial charge in [0.2, 0.25) is 0 Å². The summed E-state index contributed by atoms with van der Waals surface area (Å²) in [6.45, 7) is 0.552. The average molecular weight is 228 g/mol. The van der Waals surface area contributed by atoms with Crippen LogP contribution in [0.25, 0.3) is 0 Å². The lowest BCUT2D eigenvalue weighted by atomic mass is 10.2. The normalized spacial score (nSPS) is 10.2. The van der Waals surface area contributed by atoms with E-state index in [2.05, 4.69) is 0 Å². The highest BCUT2D eigenvalue weighted by Gasteiger charge is 2.04. The van der Waals surface area contributed by atoms with Crippen molar-refractivity contribution in [2.75, 3.05) is 11.9 Å². The van der Waals surface area contributed by atoms with Gasteiger partial charge < -0.3 is 15.7 Å². The lowest BCUT2D eigenvalue weighted by molar-refractivity contribution is 0.475. The first-order valence-corrected chi connectivity index (χ1v) is 5.52. The first-order chi connectivity index (χ1) is 8.20. The summed E-state index contributed by atoms with van der Waals surface area (Å²) in [6, 6.07) is 15.2. The molecule has 3 heteroatoms. The molecule has 0 aromatic heterocycles. The van der Waals surface area contributed by atoms with Crippen LogP contribution in [-0.2, 0) is 6.54 Å². The second kappa shape index (κ2) is 4.89. The first-order valence-electron chi connectivity index (χ1n) is 5.52. The minimum absolute atomic E-state index is 0.271. The second-order valence-electron chi connectivity index (χ2n) is 3.95. The fourth-order valence-electron chi connectivity index (χ4n) is 1.71. The molecular formula is C14H16N2O. The van der Waals surface area contributed by atoms with Gasteiger partial charge in [0.25, 0.3) is 0 Å². The van der Waals surface area contributed by atoms with Crippen molar-refractivity contribution in [3.63, 3.8) is 0 Å². The third-order valence-corrected chi connectivity index (χ3v) is 2.78. The first kappa shape index (κ1) is 11.5. The molecule has 0 unspecified atom stereocenters. The van der Waals surface area contributed by atoms with Crippen LogP contribution in [0.2, 0.25) is 0 Å². The summed E-state index contributed by atoms with van der Waals surface area (Å²) in [4.78, 5) is 2.01. The fraction of sp³-hybridized carbons (Fsp3) is 0.143. The molecule has 17 heavy (non-hydrogen) atoms. The van der Waals surface area contributed by atoms with Crippen molar-refractivity contribution in [1.82, 2.24) is 0 Å². The number of phenolic OH excluding ortho intramolecular Hbond substituents is 1. The van der Waals surface area contributed by atoms with E-state index < -0.39 is 0 Å². The highest BCUT2D eigenvalue weighted by Crippen LogP contribution is 2.26. The molecule has 0 radical (unpaired) electrons. The molecule has 0 saturated carbocycles. The lowest BCUT2D eigenvalue weighted by Crippen LogP contribution is -2.09. The number of nitrogens with two attached hydrogens (primary N) is 1. The molecule has 0 aliphatic heterocycles. The predicted octanol–water partition coefficient (Wildman–Crippen LogP) is 2.62. The van der Waals surface area contributed by atoms with E-state index in [4.69, 9.17) is 5.73 Å². The SMILES string of the molecule is CN(c1ccc(CN)cc1)c1cccc(O)c1.